The first-order chi connectivity index (χ1) is 9.08. The van der Waals surface area contributed by atoms with Crippen molar-refractivity contribution >= 4 is 11.6 Å². The zero-order valence-corrected chi connectivity index (χ0v) is 12.7. The highest BCUT2D eigenvalue weighted by atomic mass is 35.5. The van der Waals surface area contributed by atoms with Crippen molar-refractivity contribution in [3.05, 3.63) is 16.4 Å². The number of rotatable bonds is 7. The fourth-order valence-corrected chi connectivity index (χ4v) is 2.91. The van der Waals surface area contributed by atoms with Gasteiger partial charge in [0.2, 0.25) is 0 Å². The number of halogens is 1. The molecule has 0 spiro atoms. The molecule has 1 aliphatic carbocycles. The third-order valence-electron chi connectivity index (χ3n) is 3.73. The highest BCUT2D eigenvalue weighted by molar-refractivity contribution is 6.31. The van der Waals surface area contributed by atoms with E-state index >= 15 is 0 Å². The summed E-state index contributed by atoms with van der Waals surface area (Å²) in [6, 6.07) is 0. The maximum atomic E-state index is 10.4. The molecule has 108 valence electrons. The molecule has 2 atom stereocenters. The molecule has 1 saturated carbocycles. The van der Waals surface area contributed by atoms with Crippen LogP contribution in [0.4, 0.5) is 0 Å². The van der Waals surface area contributed by atoms with E-state index in [1.165, 1.54) is 0 Å². The second kappa shape index (κ2) is 6.25. The van der Waals surface area contributed by atoms with Gasteiger partial charge in [0.05, 0.1) is 28.6 Å². The first kappa shape index (κ1) is 14.8. The Bertz CT molecular complexity index is 429. The number of ether oxygens (including phenoxy) is 1. The van der Waals surface area contributed by atoms with Gasteiger partial charge < -0.3 is 9.84 Å². The molecule has 19 heavy (non-hydrogen) atoms. The van der Waals surface area contributed by atoms with Gasteiger partial charge in [0, 0.05) is 20.1 Å². The normalized spacial score (nSPS) is 18.6. The Morgan fingerprint density at radius 1 is 1.47 bits per heavy atom. The standard InChI is InChI=1S/C14H23ClN2O2/c1-4-10-13(15)11(17(3)16-10)8-12(18)14(19-5-2)9-6-7-9/h9,12,14,18H,4-8H2,1-3H3. The Morgan fingerprint density at radius 3 is 2.63 bits per heavy atom. The van der Waals surface area contributed by atoms with Crippen molar-refractivity contribution in [2.24, 2.45) is 13.0 Å². The molecule has 0 radical (unpaired) electrons. The summed E-state index contributed by atoms with van der Waals surface area (Å²) in [6.45, 7) is 4.63. The van der Waals surface area contributed by atoms with Gasteiger partial charge in [0.15, 0.2) is 0 Å². The van der Waals surface area contributed by atoms with E-state index in [4.69, 9.17) is 16.3 Å². The van der Waals surface area contributed by atoms with Gasteiger partial charge in [0.25, 0.3) is 0 Å². The third-order valence-corrected chi connectivity index (χ3v) is 4.17. The highest BCUT2D eigenvalue weighted by Crippen LogP contribution is 2.37. The van der Waals surface area contributed by atoms with Crippen molar-refractivity contribution in [1.82, 2.24) is 9.78 Å². The molecule has 5 heteroatoms. The predicted octanol–water partition coefficient (Wildman–Crippen LogP) is 2.35. The van der Waals surface area contributed by atoms with Crippen molar-refractivity contribution in [3.63, 3.8) is 0 Å². The maximum Gasteiger partial charge on any atom is 0.0865 e. The summed E-state index contributed by atoms with van der Waals surface area (Å²) < 4.78 is 7.47. The molecule has 1 aromatic heterocycles. The second-order valence-corrected chi connectivity index (χ2v) is 5.59. The minimum absolute atomic E-state index is 0.0685. The van der Waals surface area contributed by atoms with Gasteiger partial charge in [-0.05, 0) is 32.1 Å². The second-order valence-electron chi connectivity index (χ2n) is 5.21. The number of hydrogen-bond acceptors (Lipinski definition) is 3. The van der Waals surface area contributed by atoms with Crippen LogP contribution in [-0.2, 0) is 24.6 Å². The van der Waals surface area contributed by atoms with E-state index in [0.717, 1.165) is 30.7 Å². The fraction of sp³-hybridized carbons (Fsp3) is 0.786. The van der Waals surface area contributed by atoms with Crippen molar-refractivity contribution in [2.75, 3.05) is 6.61 Å². The van der Waals surface area contributed by atoms with E-state index < -0.39 is 6.10 Å². The summed E-state index contributed by atoms with van der Waals surface area (Å²) in [7, 11) is 1.87. The third kappa shape index (κ3) is 3.30. The summed E-state index contributed by atoms with van der Waals surface area (Å²) in [5.74, 6) is 0.507. The summed E-state index contributed by atoms with van der Waals surface area (Å²) in [5.41, 5.74) is 1.79. The van der Waals surface area contributed by atoms with Crippen LogP contribution in [0.2, 0.25) is 5.02 Å². The zero-order valence-electron chi connectivity index (χ0n) is 11.9. The quantitative estimate of drug-likeness (QED) is 0.837. The lowest BCUT2D eigenvalue weighted by atomic mass is 10.0. The van der Waals surface area contributed by atoms with E-state index in [0.29, 0.717) is 24.0 Å². The van der Waals surface area contributed by atoms with Crippen LogP contribution in [0.15, 0.2) is 0 Å². The van der Waals surface area contributed by atoms with Crippen LogP contribution in [0.25, 0.3) is 0 Å². The summed E-state index contributed by atoms with van der Waals surface area (Å²) >= 11 is 6.32. The van der Waals surface area contributed by atoms with Crippen molar-refractivity contribution in [3.8, 4) is 0 Å². The highest BCUT2D eigenvalue weighted by Gasteiger charge is 2.37. The molecule has 0 aliphatic heterocycles. The smallest absolute Gasteiger partial charge is 0.0865 e. The van der Waals surface area contributed by atoms with E-state index in [2.05, 4.69) is 5.10 Å². The van der Waals surface area contributed by atoms with Crippen LogP contribution in [0, 0.1) is 5.92 Å². The molecule has 0 saturated heterocycles. The molecule has 0 amide bonds. The zero-order chi connectivity index (χ0) is 14.0. The lowest BCUT2D eigenvalue weighted by Crippen LogP contribution is -2.33. The predicted molar refractivity (Wildman–Crippen MR) is 75.4 cm³/mol. The minimum Gasteiger partial charge on any atom is -0.390 e. The average Bonchev–Trinajstić information content (AvgIpc) is 3.18. The number of nitrogens with zero attached hydrogens (tertiary/aromatic N) is 2. The van der Waals surface area contributed by atoms with Crippen LogP contribution in [0.3, 0.4) is 0 Å². The fourth-order valence-electron chi connectivity index (χ4n) is 2.53. The summed E-state index contributed by atoms with van der Waals surface area (Å²) in [6.07, 6.45) is 3.04. The van der Waals surface area contributed by atoms with Gasteiger partial charge in [-0.3, -0.25) is 4.68 Å². The van der Waals surface area contributed by atoms with Crippen LogP contribution < -0.4 is 0 Å². The molecular weight excluding hydrogens is 264 g/mol. The maximum absolute atomic E-state index is 10.4. The van der Waals surface area contributed by atoms with Gasteiger partial charge in [-0.2, -0.15) is 5.10 Å². The first-order valence-corrected chi connectivity index (χ1v) is 7.46. The van der Waals surface area contributed by atoms with Crippen LogP contribution in [-0.4, -0.2) is 33.7 Å². The van der Waals surface area contributed by atoms with Gasteiger partial charge in [-0.25, -0.2) is 0 Å². The van der Waals surface area contributed by atoms with Crippen molar-refractivity contribution in [1.29, 1.82) is 0 Å². The van der Waals surface area contributed by atoms with Crippen LogP contribution in [0.1, 0.15) is 38.1 Å². The van der Waals surface area contributed by atoms with E-state index in [1.807, 2.05) is 20.9 Å². The molecule has 1 aliphatic rings. The molecule has 1 aromatic rings. The first-order valence-electron chi connectivity index (χ1n) is 7.08. The molecule has 1 heterocycles. The lowest BCUT2D eigenvalue weighted by Gasteiger charge is -2.22. The molecule has 0 bridgehead atoms. The minimum atomic E-state index is -0.509. The summed E-state index contributed by atoms with van der Waals surface area (Å²) in [5, 5.41) is 15.5. The molecular formula is C14H23ClN2O2. The van der Waals surface area contributed by atoms with E-state index in [9.17, 15) is 5.11 Å². The Balaban J connectivity index is 2.08. The lowest BCUT2D eigenvalue weighted by molar-refractivity contribution is -0.0445. The van der Waals surface area contributed by atoms with Crippen molar-refractivity contribution in [2.45, 2.75) is 51.7 Å². The number of aromatic nitrogens is 2. The monoisotopic (exact) mass is 286 g/mol. The SMILES string of the molecule is CCOC(C(O)Cc1c(Cl)c(CC)nn1C)C1CC1. The Kier molecular flexibility index (Phi) is 4.87. The number of aryl methyl sites for hydroxylation is 2. The number of aliphatic hydroxyl groups is 1. The Hall–Kier alpha value is -0.580. The topological polar surface area (TPSA) is 47.3 Å². The molecule has 2 rings (SSSR count). The van der Waals surface area contributed by atoms with Crippen molar-refractivity contribution < 1.29 is 9.84 Å². The Morgan fingerprint density at radius 2 is 2.16 bits per heavy atom. The number of aliphatic hydroxyl groups excluding tert-OH is 1. The summed E-state index contributed by atoms with van der Waals surface area (Å²) in [4.78, 5) is 0. The molecule has 0 aromatic carbocycles. The van der Waals surface area contributed by atoms with E-state index in [-0.39, 0.29) is 6.10 Å². The van der Waals surface area contributed by atoms with Gasteiger partial charge in [-0.1, -0.05) is 18.5 Å². The largest absolute Gasteiger partial charge is 0.390 e. The molecule has 1 fully saturated rings. The van der Waals surface area contributed by atoms with Gasteiger partial charge in [-0.15, -0.1) is 0 Å². The number of hydrogen-bond donors (Lipinski definition) is 1. The average molecular weight is 287 g/mol. The molecule has 4 nitrogen and oxygen atoms in total. The van der Waals surface area contributed by atoms with E-state index in [1.54, 1.807) is 4.68 Å². The molecule has 2 unspecified atom stereocenters. The van der Waals surface area contributed by atoms with Crippen LogP contribution in [0.5, 0.6) is 0 Å². The molecule has 1 N–H and O–H groups in total. The van der Waals surface area contributed by atoms with Gasteiger partial charge >= 0.3 is 0 Å². The van der Waals surface area contributed by atoms with Crippen LogP contribution >= 0.6 is 11.6 Å². The Labute approximate surface area is 119 Å². The van der Waals surface area contributed by atoms with Gasteiger partial charge in [0.1, 0.15) is 0 Å².